The largest absolute Gasteiger partial charge is 0.147 e. The van der Waals surface area contributed by atoms with Crippen molar-refractivity contribution in [1.29, 1.82) is 0 Å². The van der Waals surface area contributed by atoms with Crippen LogP contribution in [0.2, 0.25) is 0 Å². The fraction of sp³-hybridized carbons (Fsp3) is 0.538. The molecule has 0 N–H and O–H groups in total. The zero-order valence-electron chi connectivity index (χ0n) is 9.94. The molecule has 0 aliphatic rings. The van der Waals surface area contributed by atoms with Crippen LogP contribution >= 0.6 is 20.3 Å². The maximum absolute atomic E-state index is 2.40. The van der Waals surface area contributed by atoms with Gasteiger partial charge in [-0.15, -0.1) is 20.3 Å². The molecule has 0 bridgehead atoms. The van der Waals surface area contributed by atoms with Crippen LogP contribution in [0.3, 0.4) is 0 Å². The summed E-state index contributed by atoms with van der Waals surface area (Å²) in [5.41, 5.74) is 2.42. The van der Waals surface area contributed by atoms with Crippen molar-refractivity contribution in [3.05, 3.63) is 35.9 Å². The molecular formula is C13H22ClP. The number of halogens is 1. The summed E-state index contributed by atoms with van der Waals surface area (Å²) in [6.07, 6.45) is 3.97. The van der Waals surface area contributed by atoms with Gasteiger partial charge in [-0.05, 0) is 37.4 Å². The minimum atomic E-state index is 0. The lowest BCUT2D eigenvalue weighted by molar-refractivity contribution is 0.727. The Bertz CT molecular complexity index is 246. The minimum absolute atomic E-state index is 0. The molecule has 0 radical (unpaired) electrons. The van der Waals surface area contributed by atoms with Crippen LogP contribution in [0.5, 0.6) is 0 Å². The summed E-state index contributed by atoms with van der Waals surface area (Å²) in [5.74, 6) is 0. The average molecular weight is 245 g/mol. The molecule has 0 amide bonds. The highest BCUT2D eigenvalue weighted by atomic mass is 35.5. The van der Waals surface area contributed by atoms with Gasteiger partial charge in [0.1, 0.15) is 0 Å². The van der Waals surface area contributed by atoms with E-state index in [9.17, 15) is 0 Å². The fourth-order valence-electron chi connectivity index (χ4n) is 1.76. The Kier molecular flexibility index (Phi) is 8.10. The van der Waals surface area contributed by atoms with Crippen molar-refractivity contribution in [3.63, 3.8) is 0 Å². The average Bonchev–Trinajstić information content (AvgIpc) is 2.18. The molecule has 0 aliphatic heterocycles. The second-order valence-corrected chi connectivity index (χ2v) is 6.75. The number of rotatable bonds is 5. The van der Waals surface area contributed by atoms with Gasteiger partial charge < -0.3 is 0 Å². The molecule has 0 saturated carbocycles. The third-order valence-electron chi connectivity index (χ3n) is 2.67. The zero-order chi connectivity index (χ0) is 10.4. The van der Waals surface area contributed by atoms with E-state index in [0.29, 0.717) is 0 Å². The van der Waals surface area contributed by atoms with Crippen molar-refractivity contribution in [2.24, 2.45) is 0 Å². The monoisotopic (exact) mass is 244 g/mol. The van der Waals surface area contributed by atoms with Crippen LogP contribution in [-0.2, 0) is 6.42 Å². The summed E-state index contributed by atoms with van der Waals surface area (Å²) < 4.78 is 0. The lowest BCUT2D eigenvalue weighted by Gasteiger charge is -2.20. The zero-order valence-corrected chi connectivity index (χ0v) is 11.7. The molecule has 0 heterocycles. The van der Waals surface area contributed by atoms with Crippen LogP contribution < -0.4 is 0 Å². The van der Waals surface area contributed by atoms with E-state index in [1.807, 2.05) is 0 Å². The quantitative estimate of drug-likeness (QED) is 0.666. The van der Waals surface area contributed by atoms with Gasteiger partial charge in [0.05, 0.1) is 0 Å². The molecule has 0 aromatic heterocycles. The molecule has 0 saturated heterocycles. The van der Waals surface area contributed by atoms with Crippen LogP contribution in [-0.4, -0.2) is 19.0 Å². The smallest absolute Gasteiger partial charge is 0.0174 e. The predicted octanol–water partition coefficient (Wildman–Crippen LogP) is 4.56. The molecule has 1 atom stereocenters. The van der Waals surface area contributed by atoms with Crippen LogP contribution in [0, 0.1) is 0 Å². The van der Waals surface area contributed by atoms with Gasteiger partial charge in [-0.2, -0.15) is 0 Å². The van der Waals surface area contributed by atoms with Crippen LogP contribution in [0.25, 0.3) is 0 Å². The standard InChI is InChI=1S/C13H21P.ClH/c1-4-8-13(14(2)3)11-12-9-6-5-7-10-12;/h5-7,9-10,13H,4,8,11H2,1-3H3;1H. The van der Waals surface area contributed by atoms with E-state index >= 15 is 0 Å². The van der Waals surface area contributed by atoms with Crippen molar-refractivity contribution in [3.8, 4) is 0 Å². The Morgan fingerprint density at radius 2 is 1.73 bits per heavy atom. The molecule has 1 aromatic carbocycles. The molecule has 0 aliphatic carbocycles. The van der Waals surface area contributed by atoms with E-state index in [1.54, 1.807) is 0 Å². The van der Waals surface area contributed by atoms with Gasteiger partial charge in [-0.3, -0.25) is 0 Å². The summed E-state index contributed by atoms with van der Waals surface area (Å²) >= 11 is 0. The highest BCUT2D eigenvalue weighted by molar-refractivity contribution is 7.56. The van der Waals surface area contributed by atoms with E-state index in [2.05, 4.69) is 50.6 Å². The molecule has 0 nitrogen and oxygen atoms in total. The lowest BCUT2D eigenvalue weighted by atomic mass is 10.1. The summed E-state index contributed by atoms with van der Waals surface area (Å²) in [6, 6.07) is 10.9. The first kappa shape index (κ1) is 14.9. The maximum Gasteiger partial charge on any atom is -0.0174 e. The van der Waals surface area contributed by atoms with Crippen molar-refractivity contribution in [1.82, 2.24) is 0 Å². The van der Waals surface area contributed by atoms with Crippen LogP contribution in [0.4, 0.5) is 0 Å². The highest BCUT2D eigenvalue weighted by Crippen LogP contribution is 2.37. The fourth-order valence-corrected chi connectivity index (χ4v) is 3.11. The van der Waals surface area contributed by atoms with Crippen molar-refractivity contribution < 1.29 is 0 Å². The number of benzene rings is 1. The van der Waals surface area contributed by atoms with E-state index in [4.69, 9.17) is 0 Å². The van der Waals surface area contributed by atoms with Gasteiger partial charge in [-0.1, -0.05) is 43.7 Å². The first-order valence-corrected chi connectivity index (χ1v) is 7.75. The van der Waals surface area contributed by atoms with E-state index in [1.165, 1.54) is 24.8 Å². The number of hydrogen-bond donors (Lipinski definition) is 0. The maximum atomic E-state index is 2.40. The molecule has 0 fully saturated rings. The normalized spacial score (nSPS) is 12.3. The van der Waals surface area contributed by atoms with Crippen LogP contribution in [0.1, 0.15) is 25.3 Å². The highest BCUT2D eigenvalue weighted by Gasteiger charge is 2.11. The van der Waals surface area contributed by atoms with Crippen molar-refractivity contribution in [2.75, 3.05) is 13.3 Å². The minimum Gasteiger partial charge on any atom is -0.147 e. The predicted molar refractivity (Wildman–Crippen MR) is 74.9 cm³/mol. The second kappa shape index (κ2) is 8.13. The summed E-state index contributed by atoms with van der Waals surface area (Å²) in [7, 11) is 0.207. The lowest BCUT2D eigenvalue weighted by Crippen LogP contribution is -2.08. The Hall–Kier alpha value is -0.0600. The topological polar surface area (TPSA) is 0 Å². The summed E-state index contributed by atoms with van der Waals surface area (Å²) in [6.45, 7) is 7.09. The number of hydrogen-bond acceptors (Lipinski definition) is 0. The molecule has 1 unspecified atom stereocenters. The Morgan fingerprint density at radius 3 is 2.20 bits per heavy atom. The summed E-state index contributed by atoms with van der Waals surface area (Å²) in [4.78, 5) is 0. The van der Waals surface area contributed by atoms with Gasteiger partial charge in [-0.25, -0.2) is 0 Å². The van der Waals surface area contributed by atoms with E-state index in [-0.39, 0.29) is 20.3 Å². The van der Waals surface area contributed by atoms with Crippen molar-refractivity contribution >= 4 is 20.3 Å². The van der Waals surface area contributed by atoms with E-state index in [0.717, 1.165) is 5.66 Å². The van der Waals surface area contributed by atoms with Gasteiger partial charge in [0.15, 0.2) is 0 Å². The molecule has 2 heteroatoms. The van der Waals surface area contributed by atoms with Gasteiger partial charge in [0, 0.05) is 0 Å². The molecular weight excluding hydrogens is 223 g/mol. The molecule has 15 heavy (non-hydrogen) atoms. The Labute approximate surface area is 102 Å². The van der Waals surface area contributed by atoms with Crippen LogP contribution in [0.15, 0.2) is 30.3 Å². The first-order valence-electron chi connectivity index (χ1n) is 5.44. The molecule has 0 spiro atoms. The Balaban J connectivity index is 0.00000196. The Morgan fingerprint density at radius 1 is 1.13 bits per heavy atom. The third kappa shape index (κ3) is 5.54. The molecule has 1 aromatic rings. The second-order valence-electron chi connectivity index (χ2n) is 4.10. The first-order chi connectivity index (χ1) is 6.74. The molecule has 1 rings (SSSR count). The van der Waals surface area contributed by atoms with E-state index < -0.39 is 0 Å². The summed E-state index contributed by atoms with van der Waals surface area (Å²) in [5, 5.41) is 0. The SMILES string of the molecule is CCCC(Cc1ccccc1)P(C)C.Cl. The molecule has 86 valence electrons. The van der Waals surface area contributed by atoms with Gasteiger partial charge >= 0.3 is 0 Å². The van der Waals surface area contributed by atoms with Gasteiger partial charge in [0.2, 0.25) is 0 Å². The third-order valence-corrected chi connectivity index (χ3v) is 4.57. The van der Waals surface area contributed by atoms with Gasteiger partial charge in [0.25, 0.3) is 0 Å². The van der Waals surface area contributed by atoms with Crippen molar-refractivity contribution in [2.45, 2.75) is 31.8 Å².